The van der Waals surface area contributed by atoms with Crippen LogP contribution in [0.5, 0.6) is 0 Å². The highest BCUT2D eigenvalue weighted by atomic mass is 35.5. The van der Waals surface area contributed by atoms with Crippen LogP contribution in [0.2, 0.25) is 0 Å². The van der Waals surface area contributed by atoms with E-state index in [0.717, 1.165) is 43.7 Å². The van der Waals surface area contributed by atoms with E-state index in [9.17, 15) is 4.79 Å². The molecule has 2 fully saturated rings. The van der Waals surface area contributed by atoms with Crippen molar-refractivity contribution < 1.29 is 4.79 Å². The lowest BCUT2D eigenvalue weighted by molar-refractivity contribution is 0.0722. The SMILES string of the molecule is Cc1cc(C(=O)N(CC2CCCN2)C2CC2)nn1-c1ccccc1.Cl. The minimum atomic E-state index is 0. The van der Waals surface area contributed by atoms with Gasteiger partial charge in [0.25, 0.3) is 5.91 Å². The third-order valence-corrected chi connectivity index (χ3v) is 4.94. The van der Waals surface area contributed by atoms with Crippen molar-refractivity contribution >= 4 is 18.3 Å². The van der Waals surface area contributed by atoms with Crippen LogP contribution in [-0.2, 0) is 0 Å². The highest BCUT2D eigenvalue weighted by molar-refractivity contribution is 5.93. The molecule has 0 spiro atoms. The first-order valence-corrected chi connectivity index (χ1v) is 8.89. The van der Waals surface area contributed by atoms with Crippen molar-refractivity contribution in [1.29, 1.82) is 0 Å². The first kappa shape index (κ1) is 18.0. The maximum atomic E-state index is 13.0. The van der Waals surface area contributed by atoms with E-state index < -0.39 is 0 Å². The molecule has 1 atom stereocenters. The number of aromatic nitrogens is 2. The molecule has 0 radical (unpaired) electrons. The van der Waals surface area contributed by atoms with Gasteiger partial charge in [0.05, 0.1) is 5.69 Å². The van der Waals surface area contributed by atoms with Crippen molar-refractivity contribution in [2.24, 2.45) is 0 Å². The molecule has 1 saturated carbocycles. The number of hydrogen-bond donors (Lipinski definition) is 1. The Balaban J connectivity index is 0.00000182. The maximum Gasteiger partial charge on any atom is 0.274 e. The quantitative estimate of drug-likeness (QED) is 0.891. The molecule has 1 aliphatic heterocycles. The smallest absolute Gasteiger partial charge is 0.274 e. The lowest BCUT2D eigenvalue weighted by Gasteiger charge is -2.25. The van der Waals surface area contributed by atoms with Gasteiger partial charge >= 0.3 is 0 Å². The first-order valence-electron chi connectivity index (χ1n) is 8.89. The van der Waals surface area contributed by atoms with Crippen molar-refractivity contribution in [3.8, 4) is 5.69 Å². The Kier molecular flexibility index (Phi) is 5.45. The number of carbonyl (C=O) groups excluding carboxylic acids is 1. The average Bonchev–Trinajstić information content (AvgIpc) is 3.17. The van der Waals surface area contributed by atoms with E-state index in [-0.39, 0.29) is 18.3 Å². The number of hydrogen-bond acceptors (Lipinski definition) is 3. The molecule has 5 nitrogen and oxygen atoms in total. The molecule has 1 amide bonds. The van der Waals surface area contributed by atoms with Gasteiger partial charge < -0.3 is 10.2 Å². The van der Waals surface area contributed by atoms with Crippen LogP contribution in [0.25, 0.3) is 5.69 Å². The third kappa shape index (κ3) is 3.88. The van der Waals surface area contributed by atoms with E-state index in [2.05, 4.69) is 10.4 Å². The average molecular weight is 361 g/mol. The standard InChI is InChI=1S/C19H24N4O.ClH/c1-14-12-18(21-23(14)17-7-3-2-4-8-17)19(24)22(16-9-10-16)13-15-6-5-11-20-15;/h2-4,7-8,12,15-16,20H,5-6,9-11,13H2,1H3;1H. The summed E-state index contributed by atoms with van der Waals surface area (Å²) in [5.41, 5.74) is 2.53. The van der Waals surface area contributed by atoms with Gasteiger partial charge in [-0.3, -0.25) is 4.79 Å². The lowest BCUT2D eigenvalue weighted by atomic mass is 10.2. The molecular weight excluding hydrogens is 336 g/mol. The Hall–Kier alpha value is -1.85. The van der Waals surface area contributed by atoms with E-state index in [1.165, 1.54) is 6.42 Å². The number of nitrogens with one attached hydrogen (secondary N) is 1. The van der Waals surface area contributed by atoms with Crippen LogP contribution in [0.4, 0.5) is 0 Å². The summed E-state index contributed by atoms with van der Waals surface area (Å²) in [5.74, 6) is 0.0731. The summed E-state index contributed by atoms with van der Waals surface area (Å²) < 4.78 is 1.85. The maximum absolute atomic E-state index is 13.0. The van der Waals surface area contributed by atoms with Gasteiger partial charge in [0.2, 0.25) is 0 Å². The van der Waals surface area contributed by atoms with Crippen molar-refractivity contribution in [3.05, 3.63) is 47.8 Å². The van der Waals surface area contributed by atoms with Gasteiger partial charge in [-0.1, -0.05) is 18.2 Å². The molecule has 1 saturated heterocycles. The van der Waals surface area contributed by atoms with Crippen molar-refractivity contribution in [3.63, 3.8) is 0 Å². The summed E-state index contributed by atoms with van der Waals surface area (Å²) >= 11 is 0. The van der Waals surface area contributed by atoms with Crippen LogP contribution in [0, 0.1) is 6.92 Å². The number of halogens is 1. The molecule has 0 bridgehead atoms. The van der Waals surface area contributed by atoms with Gasteiger partial charge in [0, 0.05) is 24.3 Å². The number of carbonyl (C=O) groups is 1. The Morgan fingerprint density at radius 2 is 2.04 bits per heavy atom. The zero-order valence-electron chi connectivity index (χ0n) is 14.5. The fourth-order valence-corrected chi connectivity index (χ4v) is 3.49. The fraction of sp³-hybridized carbons (Fsp3) is 0.474. The molecule has 1 N–H and O–H groups in total. The summed E-state index contributed by atoms with van der Waals surface area (Å²) in [6.45, 7) is 3.87. The number of amides is 1. The van der Waals surface area contributed by atoms with Crippen molar-refractivity contribution in [2.45, 2.75) is 44.7 Å². The number of nitrogens with zero attached hydrogens (tertiary/aromatic N) is 3. The molecule has 1 unspecified atom stereocenters. The Bertz CT molecular complexity index is 720. The van der Waals surface area contributed by atoms with E-state index in [0.29, 0.717) is 17.8 Å². The monoisotopic (exact) mass is 360 g/mol. The zero-order chi connectivity index (χ0) is 16.5. The topological polar surface area (TPSA) is 50.2 Å². The second-order valence-electron chi connectivity index (χ2n) is 6.90. The number of benzene rings is 1. The fourth-order valence-electron chi connectivity index (χ4n) is 3.49. The highest BCUT2D eigenvalue weighted by Gasteiger charge is 2.36. The second kappa shape index (κ2) is 7.58. The minimum absolute atomic E-state index is 0. The van der Waals surface area contributed by atoms with Crippen LogP contribution < -0.4 is 5.32 Å². The molecule has 6 heteroatoms. The molecule has 2 aliphatic rings. The van der Waals surface area contributed by atoms with Gasteiger partial charge in [0.1, 0.15) is 0 Å². The van der Waals surface area contributed by atoms with Gasteiger partial charge in [-0.2, -0.15) is 5.10 Å². The van der Waals surface area contributed by atoms with Crippen molar-refractivity contribution in [1.82, 2.24) is 20.0 Å². The summed E-state index contributed by atoms with van der Waals surface area (Å²) in [5, 5.41) is 8.09. The lowest BCUT2D eigenvalue weighted by Crippen LogP contribution is -2.42. The molecule has 1 aromatic carbocycles. The number of rotatable bonds is 5. The van der Waals surface area contributed by atoms with Crippen LogP contribution in [0.15, 0.2) is 36.4 Å². The van der Waals surface area contributed by atoms with E-state index in [1.807, 2.05) is 52.9 Å². The van der Waals surface area contributed by atoms with E-state index >= 15 is 0 Å². The van der Waals surface area contributed by atoms with E-state index in [4.69, 9.17) is 0 Å². The van der Waals surface area contributed by atoms with Crippen LogP contribution in [-0.4, -0.2) is 45.8 Å². The van der Waals surface area contributed by atoms with Crippen LogP contribution in [0.1, 0.15) is 41.9 Å². The summed E-state index contributed by atoms with van der Waals surface area (Å²) in [6, 6.07) is 12.7. The Morgan fingerprint density at radius 3 is 2.68 bits per heavy atom. The predicted octanol–water partition coefficient (Wildman–Crippen LogP) is 2.96. The highest BCUT2D eigenvalue weighted by Crippen LogP contribution is 2.29. The molecule has 25 heavy (non-hydrogen) atoms. The Morgan fingerprint density at radius 1 is 1.28 bits per heavy atom. The molecule has 1 aromatic heterocycles. The van der Waals surface area contributed by atoms with Gasteiger partial charge in [-0.25, -0.2) is 4.68 Å². The van der Waals surface area contributed by atoms with Gasteiger partial charge in [0.15, 0.2) is 5.69 Å². The molecular formula is C19H25ClN4O. The van der Waals surface area contributed by atoms with Crippen LogP contribution in [0.3, 0.4) is 0 Å². The predicted molar refractivity (Wildman–Crippen MR) is 101 cm³/mol. The van der Waals surface area contributed by atoms with Crippen LogP contribution >= 0.6 is 12.4 Å². The summed E-state index contributed by atoms with van der Waals surface area (Å²) in [7, 11) is 0. The zero-order valence-corrected chi connectivity index (χ0v) is 15.3. The first-order chi connectivity index (χ1) is 11.7. The minimum Gasteiger partial charge on any atom is -0.333 e. The number of para-hydroxylation sites is 1. The van der Waals surface area contributed by atoms with Gasteiger partial charge in [-0.15, -0.1) is 12.4 Å². The van der Waals surface area contributed by atoms with Gasteiger partial charge in [-0.05, 0) is 57.4 Å². The summed E-state index contributed by atoms with van der Waals surface area (Å²) in [6.07, 6.45) is 4.61. The summed E-state index contributed by atoms with van der Waals surface area (Å²) in [4.78, 5) is 15.1. The van der Waals surface area contributed by atoms with Crippen molar-refractivity contribution in [2.75, 3.05) is 13.1 Å². The second-order valence-corrected chi connectivity index (χ2v) is 6.90. The molecule has 4 rings (SSSR count). The third-order valence-electron chi connectivity index (χ3n) is 4.94. The molecule has 2 aromatic rings. The number of aryl methyl sites for hydroxylation is 1. The largest absolute Gasteiger partial charge is 0.333 e. The molecule has 2 heterocycles. The molecule has 1 aliphatic carbocycles. The normalized spacial score (nSPS) is 19.5. The van der Waals surface area contributed by atoms with E-state index in [1.54, 1.807) is 0 Å². The molecule has 134 valence electrons. The Labute approximate surface area is 154 Å².